The molecule has 1 unspecified atom stereocenters. The third-order valence-corrected chi connectivity index (χ3v) is 8.64. The van der Waals surface area contributed by atoms with Crippen molar-refractivity contribution in [1.82, 2.24) is 0 Å². The topological polar surface area (TPSA) is 140 Å². The van der Waals surface area contributed by atoms with Gasteiger partial charge in [0.15, 0.2) is 6.10 Å². The maximum absolute atomic E-state index is 12.4. The van der Waals surface area contributed by atoms with Crippen LogP contribution < -0.4 is 0 Å². The first-order chi connectivity index (χ1) is 24.7. The molecule has 0 radical (unpaired) electrons. The van der Waals surface area contributed by atoms with Crippen LogP contribution in [0.4, 0.5) is 0 Å². The summed E-state index contributed by atoms with van der Waals surface area (Å²) in [6, 6.07) is 0. The van der Waals surface area contributed by atoms with E-state index in [9.17, 15) is 19.3 Å². The molecule has 0 bridgehead atoms. The van der Waals surface area contributed by atoms with Crippen LogP contribution in [0, 0.1) is 0 Å². The van der Waals surface area contributed by atoms with E-state index in [4.69, 9.17) is 19.3 Å². The molecular weight excluding hydrogens is 667 g/mol. The molecule has 0 fully saturated rings. The first-order valence-electron chi connectivity index (χ1n) is 19.7. The summed E-state index contributed by atoms with van der Waals surface area (Å²) in [7, 11) is -4.81. The number of unbranched alkanes of at least 4 members (excludes halogenated alkanes) is 14. The van der Waals surface area contributed by atoms with Gasteiger partial charge in [0.2, 0.25) is 0 Å². The van der Waals surface area contributed by atoms with Gasteiger partial charge in [0, 0.05) is 12.8 Å². The van der Waals surface area contributed by atoms with E-state index in [1.54, 1.807) is 12.2 Å². The third-order valence-electron chi connectivity index (χ3n) is 8.15. The Hall–Kier alpha value is -2.29. The Morgan fingerprint density at radius 2 is 1.10 bits per heavy atom. The molecule has 3 N–H and O–H groups in total. The molecule has 0 saturated carbocycles. The van der Waals surface area contributed by atoms with Crippen LogP contribution in [0.2, 0.25) is 0 Å². The van der Waals surface area contributed by atoms with Gasteiger partial charge in [0.25, 0.3) is 0 Å². The maximum atomic E-state index is 12.4. The zero-order chi connectivity index (χ0) is 37.7. The number of carbonyl (C=O) groups excluding carboxylic acids is 2. The van der Waals surface area contributed by atoms with E-state index in [2.05, 4.69) is 54.8 Å². The molecule has 0 aliphatic rings. The number of hydrogen-bond acceptors (Lipinski definition) is 7. The van der Waals surface area contributed by atoms with Gasteiger partial charge in [0.05, 0.1) is 12.7 Å². The van der Waals surface area contributed by atoms with Gasteiger partial charge in [0.1, 0.15) is 6.61 Å². The quantitative estimate of drug-likeness (QED) is 0.0190. The molecule has 0 aromatic rings. The zero-order valence-electron chi connectivity index (χ0n) is 31.8. The van der Waals surface area contributed by atoms with Crippen molar-refractivity contribution in [2.75, 3.05) is 13.2 Å². The minimum atomic E-state index is -4.81. The smallest absolute Gasteiger partial charge is 0.462 e. The number of aliphatic hydroxyl groups excluding tert-OH is 1. The van der Waals surface area contributed by atoms with E-state index in [1.807, 2.05) is 12.2 Å². The lowest BCUT2D eigenvalue weighted by atomic mass is 10.0. The van der Waals surface area contributed by atoms with E-state index in [1.165, 1.54) is 70.6 Å². The molecule has 0 aromatic heterocycles. The van der Waals surface area contributed by atoms with Crippen molar-refractivity contribution in [2.24, 2.45) is 0 Å². The molecule has 0 rings (SSSR count). The second kappa shape index (κ2) is 36.1. The van der Waals surface area contributed by atoms with Crippen molar-refractivity contribution in [1.29, 1.82) is 0 Å². The van der Waals surface area contributed by atoms with Gasteiger partial charge < -0.3 is 24.4 Å². The number of aliphatic hydroxyl groups is 1. The van der Waals surface area contributed by atoms with E-state index in [0.717, 1.165) is 44.9 Å². The lowest BCUT2D eigenvalue weighted by molar-refractivity contribution is -0.161. The number of allylic oxidation sites excluding steroid dienone is 9. The summed E-state index contributed by atoms with van der Waals surface area (Å²) in [6.07, 6.45) is 41.1. The number of hydrogen-bond donors (Lipinski definition) is 3. The molecule has 10 heteroatoms. The summed E-state index contributed by atoms with van der Waals surface area (Å²) in [5, 5.41) is 10.2. The van der Waals surface area contributed by atoms with E-state index in [0.29, 0.717) is 19.3 Å². The molecule has 0 amide bonds. The molecule has 2 atom stereocenters. The average Bonchev–Trinajstić information content (AvgIpc) is 3.09. The average molecular weight is 739 g/mol. The Labute approximate surface area is 309 Å². The van der Waals surface area contributed by atoms with Crippen molar-refractivity contribution in [2.45, 2.75) is 174 Å². The standard InChI is InChI=1S/C41H71O9P/c1-3-5-7-9-11-13-15-17-18-20-22-24-26-28-30-34-40(43)48-36-39(37-49-51(45,46)47)50-41(44)35-31-33-38(42)32-29-27-25-23-21-19-16-14-12-10-8-6-4-2/h6,8,12,14,19,21,25,27,29,32,38-39,42H,3-5,7,9-11,13,15-18,20,22-24,26,28,30-31,33-37H2,1-2H3,(H2,45,46,47)/b8-6-,14-12-,21-19-,27-25-,32-29+/t38?,39-/m1/s1. The van der Waals surface area contributed by atoms with Crippen LogP contribution in [-0.4, -0.2) is 52.3 Å². The van der Waals surface area contributed by atoms with Gasteiger partial charge in [-0.25, -0.2) is 4.57 Å². The van der Waals surface area contributed by atoms with Crippen LogP contribution in [0.5, 0.6) is 0 Å². The molecule has 0 aliphatic carbocycles. The van der Waals surface area contributed by atoms with Gasteiger partial charge in [-0.15, -0.1) is 0 Å². The van der Waals surface area contributed by atoms with Gasteiger partial charge >= 0.3 is 19.8 Å². The minimum absolute atomic E-state index is 0.0195. The molecular formula is C41H71O9P. The third kappa shape index (κ3) is 38.8. The lowest BCUT2D eigenvalue weighted by Gasteiger charge is -2.18. The Morgan fingerprint density at radius 1 is 0.608 bits per heavy atom. The summed E-state index contributed by atoms with van der Waals surface area (Å²) in [6.45, 7) is 3.40. The number of esters is 2. The van der Waals surface area contributed by atoms with Crippen LogP contribution in [0.15, 0.2) is 60.8 Å². The number of ether oxygens (including phenoxy) is 2. The summed E-state index contributed by atoms with van der Waals surface area (Å²) >= 11 is 0. The Balaban J connectivity index is 4.16. The van der Waals surface area contributed by atoms with Crippen LogP contribution in [0.3, 0.4) is 0 Å². The predicted octanol–water partition coefficient (Wildman–Crippen LogP) is 10.7. The fraction of sp³-hybridized carbons (Fsp3) is 0.707. The highest BCUT2D eigenvalue weighted by Crippen LogP contribution is 2.36. The van der Waals surface area contributed by atoms with Gasteiger partial charge in [-0.05, 0) is 44.9 Å². The van der Waals surface area contributed by atoms with E-state index < -0.39 is 38.6 Å². The zero-order valence-corrected chi connectivity index (χ0v) is 32.7. The maximum Gasteiger partial charge on any atom is 0.469 e. The number of rotatable bonds is 35. The van der Waals surface area contributed by atoms with Crippen LogP contribution in [0.1, 0.15) is 162 Å². The van der Waals surface area contributed by atoms with Crippen molar-refractivity contribution in [3.8, 4) is 0 Å². The van der Waals surface area contributed by atoms with Gasteiger partial charge in [-0.2, -0.15) is 0 Å². The molecule has 0 heterocycles. The molecule has 0 spiro atoms. The summed E-state index contributed by atoms with van der Waals surface area (Å²) < 4.78 is 26.2. The minimum Gasteiger partial charge on any atom is -0.462 e. The van der Waals surface area contributed by atoms with Crippen molar-refractivity contribution < 1.29 is 43.0 Å². The first-order valence-corrected chi connectivity index (χ1v) is 21.2. The second-order valence-electron chi connectivity index (χ2n) is 13.1. The van der Waals surface area contributed by atoms with E-state index in [-0.39, 0.29) is 19.4 Å². The fourth-order valence-electron chi connectivity index (χ4n) is 5.22. The number of phosphoric ester groups is 1. The Morgan fingerprint density at radius 3 is 1.63 bits per heavy atom. The van der Waals surface area contributed by atoms with E-state index >= 15 is 0 Å². The molecule has 0 aliphatic heterocycles. The summed E-state index contributed by atoms with van der Waals surface area (Å²) in [4.78, 5) is 42.8. The number of phosphoric acid groups is 1. The Bertz CT molecular complexity index is 1030. The van der Waals surface area contributed by atoms with Crippen LogP contribution in [0.25, 0.3) is 0 Å². The second-order valence-corrected chi connectivity index (χ2v) is 14.3. The summed E-state index contributed by atoms with van der Waals surface area (Å²) in [5.74, 6) is -1.09. The molecule has 294 valence electrons. The monoisotopic (exact) mass is 738 g/mol. The van der Waals surface area contributed by atoms with Crippen molar-refractivity contribution in [3.05, 3.63) is 60.8 Å². The highest BCUT2D eigenvalue weighted by molar-refractivity contribution is 7.46. The highest BCUT2D eigenvalue weighted by atomic mass is 31.2. The van der Waals surface area contributed by atoms with Gasteiger partial charge in [-0.1, -0.05) is 164 Å². The van der Waals surface area contributed by atoms with Crippen molar-refractivity contribution >= 4 is 19.8 Å². The van der Waals surface area contributed by atoms with Gasteiger partial charge in [-0.3, -0.25) is 14.1 Å². The molecule has 51 heavy (non-hydrogen) atoms. The fourth-order valence-corrected chi connectivity index (χ4v) is 5.59. The molecule has 9 nitrogen and oxygen atoms in total. The van der Waals surface area contributed by atoms with Crippen molar-refractivity contribution in [3.63, 3.8) is 0 Å². The molecule has 0 saturated heterocycles. The largest absolute Gasteiger partial charge is 0.469 e. The predicted molar refractivity (Wildman–Crippen MR) is 208 cm³/mol. The highest BCUT2D eigenvalue weighted by Gasteiger charge is 2.23. The first kappa shape index (κ1) is 48.7. The number of carbonyl (C=O) groups is 2. The SMILES string of the molecule is CC/C=C\C/C=C\C/C=C\C/C=C\C=C\C(O)CCCC(=O)O[C@H](COC(=O)CCCCCCCCCCCCCCCCC)COP(=O)(O)O. The normalized spacial score (nSPS) is 13.7. The van der Waals surface area contributed by atoms with Crippen LogP contribution >= 0.6 is 7.82 Å². The van der Waals surface area contributed by atoms with Crippen LogP contribution in [-0.2, 0) is 28.2 Å². The lowest BCUT2D eigenvalue weighted by Crippen LogP contribution is -2.29. The Kier molecular flexibility index (Phi) is 34.5. The summed E-state index contributed by atoms with van der Waals surface area (Å²) in [5.41, 5.74) is 0. The molecule has 0 aromatic carbocycles.